The van der Waals surface area contributed by atoms with Crippen LogP contribution in [0.3, 0.4) is 0 Å². The van der Waals surface area contributed by atoms with Crippen molar-refractivity contribution < 1.29 is 19.2 Å². The number of carbonyl (C=O) groups excluding carboxylic acids is 1. The number of nitro benzene ring substituents is 1. The molecule has 1 N–H and O–H groups in total. The molecule has 0 bridgehead atoms. The van der Waals surface area contributed by atoms with Crippen LogP contribution in [0.1, 0.15) is 11.1 Å². The van der Waals surface area contributed by atoms with Crippen LogP contribution in [-0.2, 0) is 4.79 Å². The largest absolute Gasteiger partial charge is 0.454 e. The zero-order valence-corrected chi connectivity index (χ0v) is 15.0. The molecule has 2 aliphatic heterocycles. The SMILES string of the molecule is O=C1N/C(=N\N=C/c2cccc([N+](=O)[O-])c2)S/C1=C\c1ccc2c(c1)OCO2. The lowest BCUT2D eigenvalue weighted by atomic mass is 10.2. The van der Waals surface area contributed by atoms with E-state index in [-0.39, 0.29) is 18.4 Å². The van der Waals surface area contributed by atoms with Gasteiger partial charge in [-0.05, 0) is 35.5 Å². The smallest absolute Gasteiger partial charge is 0.270 e. The Kier molecular flexibility index (Phi) is 4.77. The van der Waals surface area contributed by atoms with Crippen molar-refractivity contribution in [3.63, 3.8) is 0 Å². The van der Waals surface area contributed by atoms with Gasteiger partial charge >= 0.3 is 0 Å². The van der Waals surface area contributed by atoms with E-state index in [0.717, 1.165) is 17.3 Å². The predicted molar refractivity (Wildman–Crippen MR) is 104 cm³/mol. The van der Waals surface area contributed by atoms with Crippen molar-refractivity contribution >= 4 is 40.8 Å². The number of hydrogen-bond acceptors (Lipinski definition) is 8. The van der Waals surface area contributed by atoms with E-state index in [1.54, 1.807) is 30.3 Å². The molecule has 140 valence electrons. The molecule has 2 aliphatic rings. The summed E-state index contributed by atoms with van der Waals surface area (Å²) in [5.74, 6) is 1.02. The van der Waals surface area contributed by atoms with Crippen LogP contribution in [0.5, 0.6) is 11.5 Å². The summed E-state index contributed by atoms with van der Waals surface area (Å²) < 4.78 is 10.6. The molecule has 9 nitrogen and oxygen atoms in total. The van der Waals surface area contributed by atoms with E-state index in [9.17, 15) is 14.9 Å². The highest BCUT2D eigenvalue weighted by molar-refractivity contribution is 8.18. The number of amidine groups is 1. The number of hydrogen-bond donors (Lipinski definition) is 1. The molecule has 0 atom stereocenters. The minimum absolute atomic E-state index is 0.0332. The first-order valence-electron chi connectivity index (χ1n) is 8.04. The molecule has 2 aromatic carbocycles. The summed E-state index contributed by atoms with van der Waals surface area (Å²) in [5.41, 5.74) is 1.29. The van der Waals surface area contributed by atoms with Gasteiger partial charge in [0.1, 0.15) is 0 Å². The summed E-state index contributed by atoms with van der Waals surface area (Å²) in [6.07, 6.45) is 3.10. The van der Waals surface area contributed by atoms with E-state index in [1.807, 2.05) is 6.07 Å². The number of non-ortho nitro benzene ring substituents is 1. The second-order valence-electron chi connectivity index (χ2n) is 5.68. The molecule has 2 heterocycles. The molecular weight excluding hydrogens is 384 g/mol. The van der Waals surface area contributed by atoms with Gasteiger partial charge in [0.15, 0.2) is 16.7 Å². The Balaban J connectivity index is 1.47. The zero-order chi connectivity index (χ0) is 19.5. The number of ether oxygens (including phenoxy) is 2. The van der Waals surface area contributed by atoms with Gasteiger partial charge in [0.25, 0.3) is 11.6 Å². The second-order valence-corrected chi connectivity index (χ2v) is 6.71. The molecule has 10 heteroatoms. The van der Waals surface area contributed by atoms with Crippen LogP contribution in [0, 0.1) is 10.1 Å². The van der Waals surface area contributed by atoms with Crippen molar-refractivity contribution in [2.24, 2.45) is 10.2 Å². The topological polar surface area (TPSA) is 115 Å². The Morgan fingerprint density at radius 3 is 2.86 bits per heavy atom. The molecule has 0 saturated carbocycles. The second kappa shape index (κ2) is 7.53. The number of fused-ring (bicyclic) bond motifs is 1. The van der Waals surface area contributed by atoms with Crippen molar-refractivity contribution in [1.29, 1.82) is 0 Å². The molecular formula is C18H12N4O5S. The third-order valence-corrected chi connectivity index (χ3v) is 4.68. The van der Waals surface area contributed by atoms with Crippen molar-refractivity contribution in [2.75, 3.05) is 6.79 Å². The lowest BCUT2D eigenvalue weighted by Crippen LogP contribution is -2.19. The van der Waals surface area contributed by atoms with E-state index >= 15 is 0 Å². The van der Waals surface area contributed by atoms with Crippen molar-refractivity contribution in [3.8, 4) is 11.5 Å². The Labute approximate surface area is 162 Å². The van der Waals surface area contributed by atoms with Crippen LogP contribution in [0.4, 0.5) is 5.69 Å². The molecule has 1 saturated heterocycles. The Hall–Kier alpha value is -3.66. The normalized spacial score (nSPS) is 18.2. The monoisotopic (exact) mass is 396 g/mol. The van der Waals surface area contributed by atoms with Gasteiger partial charge in [-0.1, -0.05) is 18.2 Å². The summed E-state index contributed by atoms with van der Waals surface area (Å²) in [7, 11) is 0. The average Bonchev–Trinajstić information content (AvgIpc) is 3.28. The summed E-state index contributed by atoms with van der Waals surface area (Å²) in [5, 5.41) is 21.6. The van der Waals surface area contributed by atoms with Gasteiger partial charge in [-0.25, -0.2) is 0 Å². The quantitative estimate of drug-likeness (QED) is 0.368. The van der Waals surface area contributed by atoms with Crippen LogP contribution in [0.25, 0.3) is 6.08 Å². The van der Waals surface area contributed by atoms with Gasteiger partial charge in [0.05, 0.1) is 16.0 Å². The van der Waals surface area contributed by atoms with E-state index < -0.39 is 4.92 Å². The standard InChI is InChI=1S/C18H12N4O5S/c23-17-16(8-11-4-5-14-15(7-11)27-10-26-14)28-18(20-17)21-19-9-12-2-1-3-13(6-12)22(24)25/h1-9H,10H2,(H,20,21,23)/b16-8-,19-9-. The van der Waals surface area contributed by atoms with E-state index in [2.05, 4.69) is 15.5 Å². The fourth-order valence-electron chi connectivity index (χ4n) is 2.50. The van der Waals surface area contributed by atoms with Gasteiger partial charge in [-0.3, -0.25) is 20.2 Å². The number of amides is 1. The molecule has 0 radical (unpaired) electrons. The van der Waals surface area contributed by atoms with Crippen LogP contribution >= 0.6 is 11.8 Å². The molecule has 0 aromatic heterocycles. The number of nitrogens with one attached hydrogen (secondary N) is 1. The third-order valence-electron chi connectivity index (χ3n) is 3.78. The van der Waals surface area contributed by atoms with Gasteiger partial charge in [-0.15, -0.1) is 5.10 Å². The van der Waals surface area contributed by atoms with Crippen molar-refractivity contribution in [2.45, 2.75) is 0 Å². The molecule has 4 rings (SSSR count). The minimum atomic E-state index is -0.483. The molecule has 0 unspecified atom stereocenters. The fourth-order valence-corrected chi connectivity index (χ4v) is 3.27. The predicted octanol–water partition coefficient (Wildman–Crippen LogP) is 2.92. The number of carbonyl (C=O) groups is 1. The zero-order valence-electron chi connectivity index (χ0n) is 14.2. The molecule has 1 fully saturated rings. The highest BCUT2D eigenvalue weighted by atomic mass is 32.2. The van der Waals surface area contributed by atoms with E-state index in [0.29, 0.717) is 27.1 Å². The number of thioether (sulfide) groups is 1. The average molecular weight is 396 g/mol. The molecule has 2 aromatic rings. The number of benzene rings is 2. The first-order valence-corrected chi connectivity index (χ1v) is 8.86. The van der Waals surface area contributed by atoms with E-state index in [1.165, 1.54) is 18.3 Å². The first-order chi connectivity index (χ1) is 13.6. The highest BCUT2D eigenvalue weighted by Crippen LogP contribution is 2.34. The van der Waals surface area contributed by atoms with Gasteiger partial charge in [0.2, 0.25) is 6.79 Å². The lowest BCUT2D eigenvalue weighted by Gasteiger charge is -1.98. The van der Waals surface area contributed by atoms with Gasteiger partial charge in [0, 0.05) is 17.7 Å². The Morgan fingerprint density at radius 2 is 2.00 bits per heavy atom. The molecule has 1 amide bonds. The molecule has 0 spiro atoms. The number of rotatable bonds is 4. The Morgan fingerprint density at radius 1 is 1.14 bits per heavy atom. The minimum Gasteiger partial charge on any atom is -0.454 e. The molecule has 0 aliphatic carbocycles. The maximum atomic E-state index is 12.1. The maximum Gasteiger partial charge on any atom is 0.270 e. The summed E-state index contributed by atoms with van der Waals surface area (Å²) >= 11 is 1.15. The fraction of sp³-hybridized carbons (Fsp3) is 0.0556. The number of nitrogens with zero attached hydrogens (tertiary/aromatic N) is 3. The van der Waals surface area contributed by atoms with Crippen molar-refractivity contribution in [1.82, 2.24) is 5.32 Å². The van der Waals surface area contributed by atoms with Crippen LogP contribution < -0.4 is 14.8 Å². The van der Waals surface area contributed by atoms with Crippen molar-refractivity contribution in [3.05, 3.63) is 68.6 Å². The Bertz CT molecular complexity index is 1060. The van der Waals surface area contributed by atoms with Crippen LogP contribution in [-0.4, -0.2) is 29.0 Å². The van der Waals surface area contributed by atoms with Crippen LogP contribution in [0.15, 0.2) is 57.6 Å². The summed E-state index contributed by atoms with van der Waals surface area (Å²) in [4.78, 5) is 22.9. The van der Waals surface area contributed by atoms with Gasteiger partial charge < -0.3 is 9.47 Å². The highest BCUT2D eigenvalue weighted by Gasteiger charge is 2.24. The third kappa shape index (κ3) is 3.86. The van der Waals surface area contributed by atoms with E-state index in [4.69, 9.17) is 9.47 Å². The number of nitro groups is 1. The summed E-state index contributed by atoms with van der Waals surface area (Å²) in [6, 6.07) is 11.4. The maximum absolute atomic E-state index is 12.1. The van der Waals surface area contributed by atoms with Crippen LogP contribution in [0.2, 0.25) is 0 Å². The first kappa shape index (κ1) is 17.7. The lowest BCUT2D eigenvalue weighted by molar-refractivity contribution is -0.384. The van der Waals surface area contributed by atoms with Gasteiger partial charge in [-0.2, -0.15) is 5.10 Å². The molecule has 28 heavy (non-hydrogen) atoms. The summed E-state index contributed by atoms with van der Waals surface area (Å²) in [6.45, 7) is 0.185.